The smallest absolute Gasteiger partial charge is 0.259 e. The number of aromatic nitrogens is 4. The number of pyridine rings is 2. The minimum absolute atomic E-state index is 0. The molecule has 0 fully saturated rings. The number of fused-ring (bicyclic) bond motifs is 1. The minimum Gasteiger partial charge on any atom is -0.398 e. The van der Waals surface area contributed by atoms with Gasteiger partial charge in [-0.3, -0.25) is 24.4 Å². The first-order chi connectivity index (χ1) is 17.0. The normalized spacial score (nSPS) is 9.44. The number of hydrogen-bond donors (Lipinski definition) is 3. The van der Waals surface area contributed by atoms with Crippen molar-refractivity contribution >= 4 is 28.8 Å². The van der Waals surface area contributed by atoms with Crippen molar-refractivity contribution in [1.29, 1.82) is 0 Å². The zero-order valence-electron chi connectivity index (χ0n) is 18.5. The van der Waals surface area contributed by atoms with E-state index in [-0.39, 0.29) is 13.0 Å². The van der Waals surface area contributed by atoms with E-state index in [1.165, 1.54) is 6.20 Å². The number of hydrogen-bond acceptors (Lipinski definition) is 7. The van der Waals surface area contributed by atoms with E-state index in [9.17, 15) is 14.4 Å². The molecular formula is C27H26N6O3. The van der Waals surface area contributed by atoms with Gasteiger partial charge in [0, 0.05) is 41.6 Å². The van der Waals surface area contributed by atoms with E-state index >= 15 is 0 Å². The summed E-state index contributed by atoms with van der Waals surface area (Å²) in [6, 6.07) is 21.1. The third-order valence-electron chi connectivity index (χ3n) is 4.59. The molecule has 0 aliphatic carbocycles. The van der Waals surface area contributed by atoms with Gasteiger partial charge in [-0.2, -0.15) is 0 Å². The maximum absolute atomic E-state index is 11.9. The summed E-state index contributed by atoms with van der Waals surface area (Å²) >= 11 is 0. The average molecular weight is 483 g/mol. The van der Waals surface area contributed by atoms with E-state index < -0.39 is 5.91 Å². The van der Waals surface area contributed by atoms with Crippen LogP contribution in [-0.4, -0.2) is 32.1 Å². The molecule has 9 nitrogen and oxygen atoms in total. The number of aromatic amines is 1. The van der Waals surface area contributed by atoms with E-state index in [1.807, 2.05) is 30.3 Å². The molecule has 3 aromatic heterocycles. The van der Waals surface area contributed by atoms with Gasteiger partial charge >= 0.3 is 0 Å². The Kier molecular flexibility index (Phi) is 10.2. The lowest BCUT2D eigenvalue weighted by atomic mass is 10.2. The maximum atomic E-state index is 11.9. The number of benzene rings is 2. The number of aldehydes is 1. The molecule has 2 aromatic carbocycles. The molecule has 5 aromatic rings. The Morgan fingerprint density at radius 2 is 1.53 bits per heavy atom. The topological polar surface area (TPSA) is 158 Å². The van der Waals surface area contributed by atoms with Crippen LogP contribution in [0, 0.1) is 0 Å². The van der Waals surface area contributed by atoms with Crippen molar-refractivity contribution in [3.8, 4) is 11.4 Å². The molecule has 0 saturated carbocycles. The van der Waals surface area contributed by atoms with Gasteiger partial charge in [-0.25, -0.2) is 4.98 Å². The van der Waals surface area contributed by atoms with Gasteiger partial charge in [-0.1, -0.05) is 31.7 Å². The number of carbonyl (C=O) groups excluding carboxylic acids is 2. The summed E-state index contributed by atoms with van der Waals surface area (Å²) in [5.74, 6) is 0.0555. The van der Waals surface area contributed by atoms with Crippen LogP contribution >= 0.6 is 0 Å². The Labute approximate surface area is 207 Å². The Bertz CT molecular complexity index is 1470. The number of carbonyl (C=O) groups is 2. The number of rotatable bonds is 3. The van der Waals surface area contributed by atoms with E-state index in [0.29, 0.717) is 33.5 Å². The van der Waals surface area contributed by atoms with Crippen molar-refractivity contribution in [2.75, 3.05) is 5.73 Å². The zero-order chi connectivity index (χ0) is 25.0. The highest BCUT2D eigenvalue weighted by Crippen LogP contribution is 2.14. The van der Waals surface area contributed by atoms with Crippen LogP contribution in [0.1, 0.15) is 28.1 Å². The molecule has 0 radical (unpaired) electrons. The van der Waals surface area contributed by atoms with Crippen LogP contribution in [0.25, 0.3) is 22.3 Å². The van der Waals surface area contributed by atoms with E-state index in [4.69, 9.17) is 11.5 Å². The summed E-state index contributed by atoms with van der Waals surface area (Å²) in [5, 5.41) is 0.597. The second-order valence-electron chi connectivity index (χ2n) is 7.03. The van der Waals surface area contributed by atoms with Gasteiger partial charge in [-0.15, -0.1) is 0 Å². The Hall–Kier alpha value is -5.18. The second-order valence-corrected chi connectivity index (χ2v) is 7.03. The highest BCUT2D eigenvalue weighted by molar-refractivity contribution is 5.97. The van der Waals surface area contributed by atoms with Crippen LogP contribution in [0.2, 0.25) is 0 Å². The zero-order valence-corrected chi connectivity index (χ0v) is 18.5. The Balaban J connectivity index is 0.000000206. The van der Waals surface area contributed by atoms with Crippen LogP contribution in [0.3, 0.4) is 0 Å². The number of primary amides is 1. The van der Waals surface area contributed by atoms with Gasteiger partial charge in [-0.05, 0) is 48.5 Å². The van der Waals surface area contributed by atoms with Gasteiger partial charge in [0.25, 0.3) is 11.5 Å². The third kappa shape index (κ3) is 7.42. The second kappa shape index (κ2) is 13.5. The number of amides is 1. The van der Waals surface area contributed by atoms with Crippen LogP contribution in [0.4, 0.5) is 5.69 Å². The minimum atomic E-state index is -0.488. The molecule has 5 N–H and O–H groups in total. The molecule has 182 valence electrons. The summed E-state index contributed by atoms with van der Waals surface area (Å²) in [6.07, 6.45) is 7.28. The van der Waals surface area contributed by atoms with Crippen LogP contribution in [0.5, 0.6) is 0 Å². The fraction of sp³-hybridized carbons (Fsp3) is 0.0370. The highest BCUT2D eigenvalue weighted by Gasteiger charge is 2.04. The van der Waals surface area contributed by atoms with Gasteiger partial charge in [0.15, 0.2) is 6.29 Å². The molecule has 9 heteroatoms. The number of nitrogen functional groups attached to an aromatic ring is 1. The van der Waals surface area contributed by atoms with Crippen LogP contribution in [0.15, 0.2) is 102 Å². The highest BCUT2D eigenvalue weighted by atomic mass is 16.1. The monoisotopic (exact) mass is 482 g/mol. The molecule has 1 amide bonds. The van der Waals surface area contributed by atoms with Crippen LogP contribution < -0.4 is 17.0 Å². The average Bonchev–Trinajstić information content (AvgIpc) is 2.90. The molecule has 36 heavy (non-hydrogen) atoms. The van der Waals surface area contributed by atoms with Gasteiger partial charge in [0.1, 0.15) is 5.82 Å². The van der Waals surface area contributed by atoms with E-state index in [0.717, 1.165) is 11.8 Å². The first-order valence-corrected chi connectivity index (χ1v) is 10.4. The van der Waals surface area contributed by atoms with Crippen molar-refractivity contribution < 1.29 is 9.59 Å². The lowest BCUT2D eigenvalue weighted by Gasteiger charge is -2.01. The summed E-state index contributed by atoms with van der Waals surface area (Å²) in [7, 11) is 0. The first kappa shape index (κ1) is 27.1. The number of nitrogens with two attached hydrogens (primary N) is 2. The number of nitrogens with zero attached hydrogens (tertiary/aromatic N) is 3. The standard InChI is InChI=1S/C13H9N3O.C7H8N2O.C6H5NO.CH4/c17-13-10-5-1-2-6-11(10)15-12(16-13)9-4-3-7-14-8-9;8-6-4-2-1-3-5(6)7(9)10;8-5-6-2-1-3-7-4-6;/h1-8H,(H,15,16,17);1-4H,8H2,(H2,9,10);1-5H;1H4. The van der Waals surface area contributed by atoms with E-state index in [2.05, 4.69) is 19.9 Å². The predicted octanol–water partition coefficient (Wildman–Crippen LogP) is 3.88. The van der Waals surface area contributed by atoms with Crippen molar-refractivity contribution in [2.24, 2.45) is 5.73 Å². The van der Waals surface area contributed by atoms with Gasteiger partial charge in [0.2, 0.25) is 0 Å². The molecule has 0 saturated heterocycles. The molecule has 0 aliphatic heterocycles. The Morgan fingerprint density at radius 3 is 2.08 bits per heavy atom. The van der Waals surface area contributed by atoms with Crippen molar-refractivity contribution in [3.05, 3.63) is 119 Å². The lowest BCUT2D eigenvalue weighted by molar-refractivity contribution is 0.100. The van der Waals surface area contributed by atoms with E-state index in [1.54, 1.807) is 61.1 Å². The number of para-hydroxylation sites is 2. The quantitative estimate of drug-likeness (QED) is 0.260. The molecule has 0 spiro atoms. The largest absolute Gasteiger partial charge is 0.398 e. The SMILES string of the molecule is C.NC(=O)c1ccccc1N.O=Cc1cccnc1.O=c1[nH]c(-c2cccnc2)nc2ccccc12. The number of nitrogens with one attached hydrogen (secondary N) is 1. The predicted molar refractivity (Wildman–Crippen MR) is 141 cm³/mol. The molecule has 3 heterocycles. The lowest BCUT2D eigenvalue weighted by Crippen LogP contribution is -2.12. The molecule has 0 atom stereocenters. The van der Waals surface area contributed by atoms with Crippen molar-refractivity contribution in [3.63, 3.8) is 0 Å². The Morgan fingerprint density at radius 1 is 0.861 bits per heavy atom. The summed E-state index contributed by atoms with van der Waals surface area (Å²) in [6.45, 7) is 0. The molecule has 0 bridgehead atoms. The fourth-order valence-corrected chi connectivity index (χ4v) is 2.89. The maximum Gasteiger partial charge on any atom is 0.259 e. The summed E-state index contributed by atoms with van der Waals surface area (Å²) in [5.41, 5.74) is 13.2. The fourth-order valence-electron chi connectivity index (χ4n) is 2.89. The number of H-pyrrole nitrogens is 1. The molecule has 0 aliphatic rings. The first-order valence-electron chi connectivity index (χ1n) is 10.4. The summed E-state index contributed by atoms with van der Waals surface area (Å²) in [4.78, 5) is 47.3. The van der Waals surface area contributed by atoms with Gasteiger partial charge in [0.05, 0.1) is 16.5 Å². The molecule has 5 rings (SSSR count). The van der Waals surface area contributed by atoms with Crippen molar-refractivity contribution in [1.82, 2.24) is 19.9 Å². The number of anilines is 1. The third-order valence-corrected chi connectivity index (χ3v) is 4.59. The van der Waals surface area contributed by atoms with Crippen molar-refractivity contribution in [2.45, 2.75) is 7.43 Å². The van der Waals surface area contributed by atoms with Gasteiger partial charge < -0.3 is 16.5 Å². The summed E-state index contributed by atoms with van der Waals surface area (Å²) < 4.78 is 0. The molecule has 0 unspecified atom stereocenters. The molecular weight excluding hydrogens is 456 g/mol. The van der Waals surface area contributed by atoms with Crippen LogP contribution in [-0.2, 0) is 0 Å².